The van der Waals surface area contributed by atoms with Crippen molar-refractivity contribution in [2.45, 2.75) is 6.54 Å². The zero-order valence-corrected chi connectivity index (χ0v) is 14.4. The number of urea groups is 1. The number of rotatable bonds is 4. The van der Waals surface area contributed by atoms with E-state index in [2.05, 4.69) is 15.7 Å². The molecule has 0 aliphatic heterocycles. The van der Waals surface area contributed by atoms with Gasteiger partial charge in [-0.05, 0) is 36.4 Å². The lowest BCUT2D eigenvalue weighted by Gasteiger charge is -2.06. The van der Waals surface area contributed by atoms with Crippen LogP contribution in [0.1, 0.15) is 5.56 Å². The van der Waals surface area contributed by atoms with Gasteiger partial charge >= 0.3 is 6.03 Å². The first kappa shape index (κ1) is 17.3. The van der Waals surface area contributed by atoms with E-state index in [1.165, 1.54) is 16.9 Å². The molecule has 2 N–H and O–H groups in total. The van der Waals surface area contributed by atoms with Crippen molar-refractivity contribution in [3.63, 3.8) is 0 Å². The minimum Gasteiger partial charge on any atom is -0.308 e. The van der Waals surface area contributed by atoms with Crippen molar-refractivity contribution < 1.29 is 9.18 Å². The van der Waals surface area contributed by atoms with Gasteiger partial charge in [-0.15, -0.1) is 0 Å². The van der Waals surface area contributed by atoms with Crippen LogP contribution in [0.5, 0.6) is 0 Å². The molecule has 2 amide bonds. The molecule has 0 saturated carbocycles. The van der Waals surface area contributed by atoms with Crippen molar-refractivity contribution in [1.29, 1.82) is 0 Å². The number of aromatic nitrogens is 2. The fraction of sp³-hybridized carbons (Fsp3) is 0.0588. The van der Waals surface area contributed by atoms with Gasteiger partial charge in [-0.2, -0.15) is 5.10 Å². The van der Waals surface area contributed by atoms with Crippen LogP contribution in [0, 0.1) is 5.82 Å². The normalized spacial score (nSPS) is 10.5. The molecule has 0 aliphatic carbocycles. The highest BCUT2D eigenvalue weighted by atomic mass is 35.5. The first-order chi connectivity index (χ1) is 12.0. The van der Waals surface area contributed by atoms with Crippen LogP contribution in [0.3, 0.4) is 0 Å². The van der Waals surface area contributed by atoms with Crippen LogP contribution in [-0.4, -0.2) is 15.8 Å². The van der Waals surface area contributed by atoms with Crippen LogP contribution >= 0.6 is 23.2 Å². The number of anilines is 2. The number of carbonyl (C=O) groups is 1. The van der Waals surface area contributed by atoms with Gasteiger partial charge in [-0.1, -0.05) is 29.3 Å². The van der Waals surface area contributed by atoms with Crippen molar-refractivity contribution in [3.05, 3.63) is 76.3 Å². The number of hydrogen-bond acceptors (Lipinski definition) is 2. The maximum Gasteiger partial charge on any atom is 0.323 e. The summed E-state index contributed by atoms with van der Waals surface area (Å²) in [5.41, 5.74) is 1.41. The van der Waals surface area contributed by atoms with Gasteiger partial charge in [0.1, 0.15) is 5.82 Å². The Kier molecular flexibility index (Phi) is 5.21. The number of nitrogens with one attached hydrogen (secondary N) is 2. The predicted molar refractivity (Wildman–Crippen MR) is 96.8 cm³/mol. The summed E-state index contributed by atoms with van der Waals surface area (Å²) in [6.45, 7) is 0.159. The van der Waals surface area contributed by atoms with Crippen LogP contribution < -0.4 is 10.6 Å². The Bertz CT molecular complexity index is 876. The summed E-state index contributed by atoms with van der Waals surface area (Å²) in [5, 5.41) is 10.3. The monoisotopic (exact) mass is 378 g/mol. The maximum absolute atomic E-state index is 13.8. The number of hydrogen-bond donors (Lipinski definition) is 2. The van der Waals surface area contributed by atoms with Gasteiger partial charge in [-0.25, -0.2) is 9.18 Å². The molecule has 128 valence electrons. The van der Waals surface area contributed by atoms with E-state index in [1.807, 2.05) is 0 Å². The molecule has 0 spiro atoms. The van der Waals surface area contributed by atoms with Crippen LogP contribution in [-0.2, 0) is 6.54 Å². The second kappa shape index (κ2) is 7.55. The molecule has 2 aromatic carbocycles. The first-order valence-electron chi connectivity index (χ1n) is 7.30. The average Bonchev–Trinajstić information content (AvgIpc) is 3.00. The Morgan fingerprint density at radius 2 is 1.80 bits per heavy atom. The third-order valence-electron chi connectivity index (χ3n) is 3.38. The summed E-state index contributed by atoms with van der Waals surface area (Å²) >= 11 is 11.8. The second-order valence-corrected chi connectivity index (χ2v) is 6.06. The van der Waals surface area contributed by atoms with E-state index in [0.717, 1.165) is 0 Å². The van der Waals surface area contributed by atoms with E-state index >= 15 is 0 Å². The van der Waals surface area contributed by atoms with Gasteiger partial charge in [0.15, 0.2) is 0 Å². The van der Waals surface area contributed by atoms with E-state index in [9.17, 15) is 9.18 Å². The lowest BCUT2D eigenvalue weighted by molar-refractivity contribution is 0.262. The zero-order chi connectivity index (χ0) is 17.8. The molecule has 5 nitrogen and oxygen atoms in total. The van der Waals surface area contributed by atoms with Gasteiger partial charge in [0.25, 0.3) is 0 Å². The Balaban J connectivity index is 1.63. The van der Waals surface area contributed by atoms with Crippen LogP contribution in [0.25, 0.3) is 0 Å². The number of carbonyl (C=O) groups excluding carboxylic acids is 1. The molecule has 0 atom stereocenters. The molecule has 0 bridgehead atoms. The van der Waals surface area contributed by atoms with E-state index < -0.39 is 11.8 Å². The number of nitrogens with zero attached hydrogens (tertiary/aromatic N) is 2. The standard InChI is InChI=1S/C17H13Cl2FN4O/c18-11-4-6-12(7-5-11)22-17(25)23-13-8-21-24(9-13)10-14-15(19)2-1-3-16(14)20/h1-9H,10H2,(H2,22,23,25). The fourth-order valence-corrected chi connectivity index (χ4v) is 2.54. The number of amides is 2. The molecule has 0 fully saturated rings. The molecule has 25 heavy (non-hydrogen) atoms. The SMILES string of the molecule is O=C(Nc1ccc(Cl)cc1)Nc1cnn(Cc2c(F)cccc2Cl)c1. The summed E-state index contributed by atoms with van der Waals surface area (Å²) in [7, 11) is 0. The lowest BCUT2D eigenvalue weighted by Crippen LogP contribution is -2.19. The minimum absolute atomic E-state index is 0.159. The second-order valence-electron chi connectivity index (χ2n) is 5.21. The molecule has 1 heterocycles. The molecule has 0 saturated heterocycles. The molecular weight excluding hydrogens is 366 g/mol. The van der Waals surface area contributed by atoms with E-state index in [-0.39, 0.29) is 6.54 Å². The molecule has 3 aromatic rings. The highest BCUT2D eigenvalue weighted by Gasteiger charge is 2.10. The topological polar surface area (TPSA) is 59.0 Å². The quantitative estimate of drug-likeness (QED) is 0.669. The number of halogens is 3. The van der Waals surface area contributed by atoms with Gasteiger partial charge in [-0.3, -0.25) is 4.68 Å². The van der Waals surface area contributed by atoms with Crippen LogP contribution in [0.2, 0.25) is 10.0 Å². The third-order valence-corrected chi connectivity index (χ3v) is 3.98. The highest BCUT2D eigenvalue weighted by Crippen LogP contribution is 2.20. The highest BCUT2D eigenvalue weighted by molar-refractivity contribution is 6.31. The Labute approximate surface area is 153 Å². The average molecular weight is 379 g/mol. The van der Waals surface area contributed by atoms with Gasteiger partial charge < -0.3 is 10.6 Å². The van der Waals surface area contributed by atoms with Crippen molar-refractivity contribution in [3.8, 4) is 0 Å². The number of benzene rings is 2. The molecule has 0 aliphatic rings. The molecule has 0 radical (unpaired) electrons. The summed E-state index contributed by atoms with van der Waals surface area (Å²) < 4.78 is 15.3. The largest absolute Gasteiger partial charge is 0.323 e. The smallest absolute Gasteiger partial charge is 0.308 e. The molecule has 8 heteroatoms. The predicted octanol–water partition coefficient (Wildman–Crippen LogP) is 5.02. The van der Waals surface area contributed by atoms with Gasteiger partial charge in [0, 0.05) is 27.5 Å². The van der Waals surface area contributed by atoms with Gasteiger partial charge in [0.2, 0.25) is 0 Å². The summed E-state index contributed by atoms with van der Waals surface area (Å²) in [5.74, 6) is -0.405. The van der Waals surface area contributed by atoms with Crippen molar-refractivity contribution in [2.75, 3.05) is 10.6 Å². The Morgan fingerprint density at radius 1 is 1.08 bits per heavy atom. The van der Waals surface area contributed by atoms with Crippen molar-refractivity contribution in [2.24, 2.45) is 0 Å². The summed E-state index contributed by atoms with van der Waals surface area (Å²) in [4.78, 5) is 12.0. The van der Waals surface area contributed by atoms with Crippen molar-refractivity contribution in [1.82, 2.24) is 9.78 Å². The van der Waals surface area contributed by atoms with Crippen molar-refractivity contribution >= 4 is 40.6 Å². The summed E-state index contributed by atoms with van der Waals surface area (Å²) in [6, 6.07) is 10.8. The fourth-order valence-electron chi connectivity index (χ4n) is 2.19. The molecular formula is C17H13Cl2FN4O. The third kappa shape index (κ3) is 4.49. The van der Waals surface area contributed by atoms with Crippen LogP contribution in [0.4, 0.5) is 20.6 Å². The first-order valence-corrected chi connectivity index (χ1v) is 8.06. The molecule has 1 aromatic heterocycles. The van der Waals surface area contributed by atoms with E-state index in [0.29, 0.717) is 27.0 Å². The Morgan fingerprint density at radius 3 is 2.52 bits per heavy atom. The molecule has 0 unspecified atom stereocenters. The minimum atomic E-state index is -0.425. The summed E-state index contributed by atoms with van der Waals surface area (Å²) in [6.07, 6.45) is 3.06. The zero-order valence-electron chi connectivity index (χ0n) is 12.8. The van der Waals surface area contributed by atoms with Crippen LogP contribution in [0.15, 0.2) is 54.9 Å². The Hall–Kier alpha value is -2.57. The van der Waals surface area contributed by atoms with E-state index in [4.69, 9.17) is 23.2 Å². The van der Waals surface area contributed by atoms with E-state index in [1.54, 1.807) is 42.6 Å². The maximum atomic E-state index is 13.8. The lowest BCUT2D eigenvalue weighted by atomic mass is 10.2. The van der Waals surface area contributed by atoms with Gasteiger partial charge in [0.05, 0.1) is 18.4 Å². The molecule has 3 rings (SSSR count).